The highest BCUT2D eigenvalue weighted by atomic mass is 35.5. The van der Waals surface area contributed by atoms with Crippen molar-refractivity contribution in [1.82, 2.24) is 4.98 Å². The molecule has 0 aliphatic carbocycles. The molecule has 18 heavy (non-hydrogen) atoms. The lowest BCUT2D eigenvalue weighted by molar-refractivity contribution is -0.137. The minimum Gasteiger partial charge on any atom is -0.368 e. The third kappa shape index (κ3) is 4.05. The van der Waals surface area contributed by atoms with Crippen molar-refractivity contribution in [3.05, 3.63) is 22.8 Å². The number of halogens is 4. The second-order valence-corrected chi connectivity index (χ2v) is 5.33. The lowest BCUT2D eigenvalue weighted by atomic mass is 9.90. The predicted molar refractivity (Wildman–Crippen MR) is 66.8 cm³/mol. The average Bonchev–Trinajstić information content (AvgIpc) is 2.26. The van der Waals surface area contributed by atoms with Crippen LogP contribution < -0.4 is 5.32 Å². The Balaban J connectivity index is 2.81. The lowest BCUT2D eigenvalue weighted by Gasteiger charge is -2.23. The molecule has 0 fully saturated rings. The summed E-state index contributed by atoms with van der Waals surface area (Å²) in [4.78, 5) is 3.72. The Kier molecular flexibility index (Phi) is 4.48. The molecule has 1 rings (SSSR count). The second-order valence-electron chi connectivity index (χ2n) is 4.92. The van der Waals surface area contributed by atoms with Crippen molar-refractivity contribution in [3.8, 4) is 0 Å². The van der Waals surface area contributed by atoms with Gasteiger partial charge in [0.05, 0.1) is 10.6 Å². The van der Waals surface area contributed by atoms with E-state index in [4.69, 9.17) is 11.6 Å². The van der Waals surface area contributed by atoms with E-state index in [9.17, 15) is 13.2 Å². The molecule has 0 amide bonds. The van der Waals surface area contributed by atoms with E-state index in [1.807, 2.05) is 6.92 Å². The number of alkyl halides is 3. The van der Waals surface area contributed by atoms with Crippen LogP contribution in [-0.4, -0.2) is 11.5 Å². The highest BCUT2D eigenvalue weighted by molar-refractivity contribution is 6.32. The molecular weight excluding hydrogens is 265 g/mol. The molecule has 0 bridgehead atoms. The minimum absolute atomic E-state index is 0.0169. The molecule has 1 N–H and O–H groups in total. The van der Waals surface area contributed by atoms with Gasteiger partial charge in [-0.15, -0.1) is 0 Å². The first kappa shape index (κ1) is 15.1. The monoisotopic (exact) mass is 280 g/mol. The minimum atomic E-state index is -4.42. The van der Waals surface area contributed by atoms with Gasteiger partial charge in [0, 0.05) is 12.7 Å². The zero-order valence-corrected chi connectivity index (χ0v) is 11.3. The SMILES string of the molecule is CCC(C)(C)CNc1ncc(C(F)(F)F)cc1Cl. The zero-order valence-electron chi connectivity index (χ0n) is 10.5. The van der Waals surface area contributed by atoms with Crippen LogP contribution >= 0.6 is 11.6 Å². The highest BCUT2D eigenvalue weighted by Gasteiger charge is 2.31. The predicted octanol–water partition coefficient (Wildman–Crippen LogP) is 4.60. The van der Waals surface area contributed by atoms with Crippen LogP contribution in [0.25, 0.3) is 0 Å². The van der Waals surface area contributed by atoms with Crippen LogP contribution in [0, 0.1) is 5.41 Å². The van der Waals surface area contributed by atoms with Gasteiger partial charge in [-0.05, 0) is 17.9 Å². The van der Waals surface area contributed by atoms with E-state index in [1.54, 1.807) is 0 Å². The van der Waals surface area contributed by atoms with Gasteiger partial charge >= 0.3 is 6.18 Å². The molecule has 1 aromatic rings. The summed E-state index contributed by atoms with van der Waals surface area (Å²) in [6.45, 7) is 6.75. The summed E-state index contributed by atoms with van der Waals surface area (Å²) in [5, 5.41) is 2.96. The topological polar surface area (TPSA) is 24.9 Å². The molecule has 0 aromatic carbocycles. The van der Waals surface area contributed by atoms with Crippen LogP contribution in [0.3, 0.4) is 0 Å². The molecule has 0 saturated carbocycles. The molecule has 0 saturated heterocycles. The number of nitrogens with one attached hydrogen (secondary N) is 1. The van der Waals surface area contributed by atoms with Crippen LogP contribution in [0.2, 0.25) is 5.02 Å². The molecule has 0 aliphatic heterocycles. The van der Waals surface area contributed by atoms with E-state index in [1.165, 1.54) is 0 Å². The van der Waals surface area contributed by atoms with Gasteiger partial charge in [0.2, 0.25) is 0 Å². The van der Waals surface area contributed by atoms with E-state index < -0.39 is 11.7 Å². The van der Waals surface area contributed by atoms with Crippen LogP contribution in [0.15, 0.2) is 12.3 Å². The summed E-state index contributed by atoms with van der Waals surface area (Å²) in [5.74, 6) is 0.284. The summed E-state index contributed by atoms with van der Waals surface area (Å²) in [6.07, 6.45) is -2.69. The Bertz CT molecular complexity index is 416. The molecule has 1 aromatic heterocycles. The van der Waals surface area contributed by atoms with Gasteiger partial charge in [-0.1, -0.05) is 32.4 Å². The van der Waals surface area contributed by atoms with E-state index >= 15 is 0 Å². The maximum atomic E-state index is 12.4. The van der Waals surface area contributed by atoms with Crippen molar-refractivity contribution >= 4 is 17.4 Å². The third-order valence-corrected chi connectivity index (χ3v) is 3.15. The van der Waals surface area contributed by atoms with Crippen molar-refractivity contribution in [3.63, 3.8) is 0 Å². The molecular formula is C12H16ClF3N2. The lowest BCUT2D eigenvalue weighted by Crippen LogP contribution is -2.22. The van der Waals surface area contributed by atoms with Gasteiger partial charge in [-0.2, -0.15) is 13.2 Å². The number of hydrogen-bond acceptors (Lipinski definition) is 2. The number of anilines is 1. The molecule has 0 atom stereocenters. The number of nitrogens with zero attached hydrogens (tertiary/aromatic N) is 1. The highest BCUT2D eigenvalue weighted by Crippen LogP contribution is 2.32. The first-order chi connectivity index (χ1) is 8.15. The van der Waals surface area contributed by atoms with Gasteiger partial charge in [0.1, 0.15) is 5.82 Å². The molecule has 0 unspecified atom stereocenters. The van der Waals surface area contributed by atoms with Crippen LogP contribution in [0.1, 0.15) is 32.8 Å². The number of aromatic nitrogens is 1. The smallest absolute Gasteiger partial charge is 0.368 e. The second kappa shape index (κ2) is 5.34. The maximum absolute atomic E-state index is 12.4. The Labute approximate surface area is 110 Å². The van der Waals surface area contributed by atoms with E-state index in [0.717, 1.165) is 18.7 Å². The molecule has 1 heterocycles. The van der Waals surface area contributed by atoms with Gasteiger partial charge in [0.15, 0.2) is 0 Å². The van der Waals surface area contributed by atoms with Crippen LogP contribution in [0.5, 0.6) is 0 Å². The molecule has 0 radical (unpaired) electrons. The first-order valence-corrected chi connectivity index (χ1v) is 6.00. The molecule has 2 nitrogen and oxygen atoms in total. The van der Waals surface area contributed by atoms with Crippen molar-refractivity contribution in [2.75, 3.05) is 11.9 Å². The Morgan fingerprint density at radius 3 is 2.39 bits per heavy atom. The first-order valence-electron chi connectivity index (χ1n) is 5.62. The van der Waals surface area contributed by atoms with E-state index in [-0.39, 0.29) is 16.3 Å². The fourth-order valence-corrected chi connectivity index (χ4v) is 1.40. The fraction of sp³-hybridized carbons (Fsp3) is 0.583. The summed E-state index contributed by atoms with van der Waals surface area (Å²) >= 11 is 5.78. The summed E-state index contributed by atoms with van der Waals surface area (Å²) in [7, 11) is 0. The fourth-order valence-electron chi connectivity index (χ4n) is 1.17. The largest absolute Gasteiger partial charge is 0.417 e. The Morgan fingerprint density at radius 1 is 1.33 bits per heavy atom. The zero-order chi connectivity index (χ0) is 14.0. The normalized spacial score (nSPS) is 12.6. The van der Waals surface area contributed by atoms with E-state index in [2.05, 4.69) is 24.1 Å². The third-order valence-electron chi connectivity index (χ3n) is 2.86. The van der Waals surface area contributed by atoms with Crippen molar-refractivity contribution in [2.24, 2.45) is 5.41 Å². The Morgan fingerprint density at radius 2 is 1.94 bits per heavy atom. The Hall–Kier alpha value is -0.970. The summed E-state index contributed by atoms with van der Waals surface area (Å²) in [5.41, 5.74) is -0.805. The average molecular weight is 281 g/mol. The molecule has 0 spiro atoms. The summed E-state index contributed by atoms with van der Waals surface area (Å²) in [6, 6.07) is 0.885. The van der Waals surface area contributed by atoms with Crippen molar-refractivity contribution < 1.29 is 13.2 Å². The quantitative estimate of drug-likeness (QED) is 0.872. The molecule has 102 valence electrons. The van der Waals surface area contributed by atoms with Crippen LogP contribution in [0.4, 0.5) is 19.0 Å². The van der Waals surface area contributed by atoms with Gasteiger partial charge < -0.3 is 5.32 Å². The van der Waals surface area contributed by atoms with Gasteiger partial charge in [-0.25, -0.2) is 4.98 Å². The number of hydrogen-bond donors (Lipinski definition) is 1. The standard InChI is InChI=1S/C12H16ClF3N2/c1-4-11(2,3)7-18-10-9(13)5-8(6-17-10)12(14,15)16/h5-6H,4,7H2,1-3H3,(H,17,18). The number of pyridine rings is 1. The van der Waals surface area contributed by atoms with Gasteiger partial charge in [0.25, 0.3) is 0 Å². The van der Waals surface area contributed by atoms with E-state index in [0.29, 0.717) is 6.54 Å². The van der Waals surface area contributed by atoms with Crippen LogP contribution in [-0.2, 0) is 6.18 Å². The summed E-state index contributed by atoms with van der Waals surface area (Å²) < 4.78 is 37.2. The molecule has 0 aliphatic rings. The van der Waals surface area contributed by atoms with Gasteiger partial charge in [-0.3, -0.25) is 0 Å². The number of rotatable bonds is 4. The van der Waals surface area contributed by atoms with Crippen molar-refractivity contribution in [2.45, 2.75) is 33.4 Å². The maximum Gasteiger partial charge on any atom is 0.417 e. The van der Waals surface area contributed by atoms with Crippen molar-refractivity contribution in [1.29, 1.82) is 0 Å². The molecule has 6 heteroatoms.